The van der Waals surface area contributed by atoms with Crippen molar-refractivity contribution in [1.29, 1.82) is 0 Å². The number of carbonyl (C=O) groups excluding carboxylic acids is 1. The fraction of sp³-hybridized carbons (Fsp3) is 0.857. The molecule has 24 heavy (non-hydrogen) atoms. The van der Waals surface area contributed by atoms with E-state index in [4.69, 9.17) is 21.5 Å². The highest BCUT2D eigenvalue weighted by Gasteiger charge is 2.38. The number of piperidine rings is 1. The lowest BCUT2D eigenvalue weighted by atomic mass is 9.92. The Labute approximate surface area is 143 Å². The number of hydrogen-bond acceptors (Lipinski definition) is 3. The zero-order chi connectivity index (χ0) is 19.1. The number of carbonyl (C=O) groups is 2. The smallest absolute Gasteiger partial charge is 0.475 e. The van der Waals surface area contributed by atoms with Crippen LogP contribution in [0.15, 0.2) is 0 Å². The summed E-state index contributed by atoms with van der Waals surface area (Å²) in [6.07, 6.45) is -3.83. The molecule has 4 atom stereocenters. The number of rotatable bonds is 4. The molecule has 1 aliphatic heterocycles. The third-order valence-electron chi connectivity index (χ3n) is 3.31. The Morgan fingerprint density at radius 2 is 1.71 bits per heavy atom. The number of aliphatic carboxylic acids is 1. The first kappa shape index (κ1) is 22.9. The summed E-state index contributed by atoms with van der Waals surface area (Å²) in [6.45, 7) is 9.20. The number of hydrogen-bond donors (Lipinski definition) is 2. The van der Waals surface area contributed by atoms with E-state index in [9.17, 15) is 22.4 Å². The molecule has 1 amide bonds. The summed E-state index contributed by atoms with van der Waals surface area (Å²) in [4.78, 5) is 22.3. The molecule has 1 rings (SSSR count). The van der Waals surface area contributed by atoms with E-state index in [0.717, 1.165) is 19.6 Å². The van der Waals surface area contributed by atoms with Gasteiger partial charge in [0.15, 0.2) is 0 Å². The molecule has 0 saturated carbocycles. The average molecular weight is 379 g/mol. The SMILES string of the molecule is CC1CC(C)CN(CC(C)NC(=O)C(F)Cl)C1.O=C(O)C(F)(F)F. The predicted octanol–water partition coefficient (Wildman–Crippen LogP) is 2.64. The number of carboxylic acid groups (broad SMARTS) is 1. The molecule has 2 N–H and O–H groups in total. The van der Waals surface area contributed by atoms with Crippen molar-refractivity contribution in [3.05, 3.63) is 0 Å². The first-order chi connectivity index (χ1) is 10.8. The van der Waals surface area contributed by atoms with Crippen LogP contribution >= 0.6 is 11.6 Å². The third-order valence-corrected chi connectivity index (χ3v) is 3.50. The van der Waals surface area contributed by atoms with Crippen molar-refractivity contribution in [3.63, 3.8) is 0 Å². The number of amides is 1. The number of carboxylic acids is 1. The summed E-state index contributed by atoms with van der Waals surface area (Å²) in [7, 11) is 0. The zero-order valence-corrected chi connectivity index (χ0v) is 14.5. The van der Waals surface area contributed by atoms with Crippen LogP contribution in [0.25, 0.3) is 0 Å². The second-order valence-electron chi connectivity index (χ2n) is 6.18. The van der Waals surface area contributed by atoms with Gasteiger partial charge < -0.3 is 15.3 Å². The lowest BCUT2D eigenvalue weighted by Gasteiger charge is -2.36. The van der Waals surface area contributed by atoms with Gasteiger partial charge in [-0.1, -0.05) is 25.4 Å². The molecule has 1 aliphatic rings. The minimum atomic E-state index is -5.08. The maximum Gasteiger partial charge on any atom is 0.490 e. The number of nitrogens with zero attached hydrogens (tertiary/aromatic N) is 1. The lowest BCUT2D eigenvalue weighted by Crippen LogP contribution is -2.47. The molecule has 0 radical (unpaired) electrons. The Morgan fingerprint density at radius 1 is 1.29 bits per heavy atom. The Morgan fingerprint density at radius 3 is 2.04 bits per heavy atom. The van der Waals surface area contributed by atoms with Gasteiger partial charge in [0, 0.05) is 25.7 Å². The van der Waals surface area contributed by atoms with Crippen LogP contribution in [0.2, 0.25) is 0 Å². The molecular formula is C14H23ClF4N2O3. The molecule has 142 valence electrons. The molecule has 0 bridgehead atoms. The summed E-state index contributed by atoms with van der Waals surface area (Å²) in [6, 6.07) is -0.0722. The topological polar surface area (TPSA) is 69.6 Å². The van der Waals surface area contributed by atoms with Gasteiger partial charge in [-0.15, -0.1) is 0 Å². The maximum atomic E-state index is 12.5. The predicted molar refractivity (Wildman–Crippen MR) is 81.4 cm³/mol. The van der Waals surface area contributed by atoms with Crippen LogP contribution in [0.5, 0.6) is 0 Å². The quantitative estimate of drug-likeness (QED) is 0.583. The van der Waals surface area contributed by atoms with Gasteiger partial charge in [0.2, 0.25) is 0 Å². The van der Waals surface area contributed by atoms with Gasteiger partial charge in [0.05, 0.1) is 0 Å². The van der Waals surface area contributed by atoms with Crippen LogP contribution in [0.1, 0.15) is 27.2 Å². The molecule has 1 fully saturated rings. The Bertz CT molecular complexity index is 411. The number of alkyl halides is 5. The second-order valence-corrected chi connectivity index (χ2v) is 6.56. The number of halogens is 5. The van der Waals surface area contributed by atoms with E-state index in [-0.39, 0.29) is 6.04 Å². The first-order valence-corrected chi connectivity index (χ1v) is 7.87. The minimum absolute atomic E-state index is 0.0722. The van der Waals surface area contributed by atoms with Crippen molar-refractivity contribution in [2.45, 2.75) is 45.0 Å². The summed E-state index contributed by atoms with van der Waals surface area (Å²) >= 11 is 5.07. The van der Waals surface area contributed by atoms with E-state index in [2.05, 4.69) is 24.1 Å². The molecule has 0 aromatic rings. The third kappa shape index (κ3) is 9.92. The largest absolute Gasteiger partial charge is 0.490 e. The molecule has 5 nitrogen and oxygen atoms in total. The van der Waals surface area contributed by atoms with E-state index < -0.39 is 23.7 Å². The van der Waals surface area contributed by atoms with Crippen LogP contribution in [-0.4, -0.2) is 59.4 Å². The lowest BCUT2D eigenvalue weighted by molar-refractivity contribution is -0.192. The summed E-state index contributed by atoms with van der Waals surface area (Å²) < 4.78 is 44.2. The molecule has 0 spiro atoms. The van der Waals surface area contributed by atoms with E-state index in [1.165, 1.54) is 6.42 Å². The van der Waals surface area contributed by atoms with Gasteiger partial charge in [-0.05, 0) is 25.2 Å². The molecule has 0 aromatic carbocycles. The molecule has 1 heterocycles. The van der Waals surface area contributed by atoms with Gasteiger partial charge in [0.1, 0.15) is 0 Å². The zero-order valence-electron chi connectivity index (χ0n) is 13.7. The number of likely N-dealkylation sites (tertiary alicyclic amines) is 1. The van der Waals surface area contributed by atoms with Gasteiger partial charge in [-0.2, -0.15) is 13.2 Å². The number of nitrogens with one attached hydrogen (secondary N) is 1. The monoisotopic (exact) mass is 378 g/mol. The molecule has 0 aromatic heterocycles. The maximum absolute atomic E-state index is 12.5. The Kier molecular flexibility index (Phi) is 9.57. The molecule has 0 aliphatic carbocycles. The van der Waals surface area contributed by atoms with Crippen LogP contribution in [0.4, 0.5) is 17.6 Å². The van der Waals surface area contributed by atoms with Crippen LogP contribution < -0.4 is 5.32 Å². The van der Waals surface area contributed by atoms with Gasteiger partial charge in [-0.25, -0.2) is 9.18 Å². The van der Waals surface area contributed by atoms with Crippen LogP contribution in [0, 0.1) is 11.8 Å². The molecule has 10 heteroatoms. The van der Waals surface area contributed by atoms with E-state index in [1.54, 1.807) is 0 Å². The van der Waals surface area contributed by atoms with E-state index in [0.29, 0.717) is 11.8 Å². The van der Waals surface area contributed by atoms with Crippen molar-refractivity contribution in [3.8, 4) is 0 Å². The van der Waals surface area contributed by atoms with E-state index in [1.807, 2.05) is 6.92 Å². The summed E-state index contributed by atoms with van der Waals surface area (Å²) in [5, 5.41) is 9.69. The first-order valence-electron chi connectivity index (χ1n) is 7.43. The molecular weight excluding hydrogens is 356 g/mol. The fourth-order valence-electron chi connectivity index (χ4n) is 2.68. The Hall–Kier alpha value is -1.09. The Balaban J connectivity index is 0.000000640. The van der Waals surface area contributed by atoms with Crippen molar-refractivity contribution in [2.24, 2.45) is 11.8 Å². The fourth-order valence-corrected chi connectivity index (χ4v) is 2.74. The summed E-state index contributed by atoms with van der Waals surface area (Å²) in [5.74, 6) is -2.13. The molecule has 4 unspecified atom stereocenters. The van der Waals surface area contributed by atoms with Gasteiger partial charge in [0.25, 0.3) is 11.5 Å². The van der Waals surface area contributed by atoms with Crippen LogP contribution in [-0.2, 0) is 9.59 Å². The van der Waals surface area contributed by atoms with Crippen LogP contribution in [0.3, 0.4) is 0 Å². The standard InChI is InChI=1S/C12H22ClFN2O.C2HF3O2/c1-8-4-9(2)6-16(5-8)7-10(3)15-12(17)11(13)14;3-2(4,5)1(6)7/h8-11H,4-7H2,1-3H3,(H,15,17);(H,6,7). The average Bonchev–Trinajstić information content (AvgIpc) is 2.36. The highest BCUT2D eigenvalue weighted by Crippen LogP contribution is 2.20. The van der Waals surface area contributed by atoms with Gasteiger partial charge in [-0.3, -0.25) is 4.79 Å². The second kappa shape index (κ2) is 10.0. The van der Waals surface area contributed by atoms with Crippen molar-refractivity contribution in [2.75, 3.05) is 19.6 Å². The van der Waals surface area contributed by atoms with Gasteiger partial charge >= 0.3 is 12.1 Å². The van der Waals surface area contributed by atoms with Crippen molar-refractivity contribution >= 4 is 23.5 Å². The van der Waals surface area contributed by atoms with E-state index >= 15 is 0 Å². The summed E-state index contributed by atoms with van der Waals surface area (Å²) in [5.41, 5.74) is -1.95. The van der Waals surface area contributed by atoms with Crippen molar-refractivity contribution in [1.82, 2.24) is 10.2 Å². The molecule has 1 saturated heterocycles. The normalized spacial score (nSPS) is 24.3. The highest BCUT2D eigenvalue weighted by atomic mass is 35.5. The minimum Gasteiger partial charge on any atom is -0.475 e. The van der Waals surface area contributed by atoms with Crippen molar-refractivity contribution < 1.29 is 32.3 Å². The highest BCUT2D eigenvalue weighted by molar-refractivity contribution is 6.29.